The highest BCUT2D eigenvalue weighted by atomic mass is 16.2. The Morgan fingerprint density at radius 2 is 1.76 bits per heavy atom. The number of carbonyl (C=O) groups is 2. The lowest BCUT2D eigenvalue weighted by atomic mass is 10.2. The van der Waals surface area contributed by atoms with Crippen molar-refractivity contribution >= 4 is 17.6 Å². The SMILES string of the molecule is CCN(CCCN1CCCC1)C(=O)Nc1ccc(C(=O)N(C)C)cc1. The summed E-state index contributed by atoms with van der Waals surface area (Å²) in [6.45, 7) is 6.88. The van der Waals surface area contributed by atoms with Crippen LogP contribution < -0.4 is 5.32 Å². The number of hydrogen-bond donors (Lipinski definition) is 1. The number of nitrogens with one attached hydrogen (secondary N) is 1. The number of rotatable bonds is 7. The molecule has 1 heterocycles. The average molecular weight is 346 g/mol. The Morgan fingerprint density at radius 3 is 2.32 bits per heavy atom. The van der Waals surface area contributed by atoms with Gasteiger partial charge < -0.3 is 20.0 Å². The van der Waals surface area contributed by atoms with Crippen molar-refractivity contribution in [2.75, 3.05) is 52.1 Å². The number of likely N-dealkylation sites (tertiary alicyclic amines) is 1. The lowest BCUT2D eigenvalue weighted by Gasteiger charge is -2.23. The fraction of sp³-hybridized carbons (Fsp3) is 0.579. The molecule has 6 nitrogen and oxygen atoms in total. The average Bonchev–Trinajstić information content (AvgIpc) is 3.12. The smallest absolute Gasteiger partial charge is 0.321 e. The summed E-state index contributed by atoms with van der Waals surface area (Å²) < 4.78 is 0. The third-order valence-electron chi connectivity index (χ3n) is 4.56. The summed E-state index contributed by atoms with van der Waals surface area (Å²) in [4.78, 5) is 30.1. The molecule has 1 aromatic carbocycles. The lowest BCUT2D eigenvalue weighted by molar-refractivity contribution is 0.0827. The van der Waals surface area contributed by atoms with E-state index in [1.807, 2.05) is 11.8 Å². The van der Waals surface area contributed by atoms with Crippen LogP contribution in [0.1, 0.15) is 36.5 Å². The monoisotopic (exact) mass is 346 g/mol. The topological polar surface area (TPSA) is 55.9 Å². The van der Waals surface area contributed by atoms with E-state index >= 15 is 0 Å². The minimum absolute atomic E-state index is 0.0463. The van der Waals surface area contributed by atoms with Crippen molar-refractivity contribution in [3.8, 4) is 0 Å². The van der Waals surface area contributed by atoms with Gasteiger partial charge in [0.05, 0.1) is 0 Å². The minimum Gasteiger partial charge on any atom is -0.345 e. The quantitative estimate of drug-likeness (QED) is 0.826. The van der Waals surface area contributed by atoms with E-state index in [1.54, 1.807) is 38.4 Å². The van der Waals surface area contributed by atoms with Gasteiger partial charge in [-0.1, -0.05) is 0 Å². The van der Waals surface area contributed by atoms with E-state index < -0.39 is 0 Å². The van der Waals surface area contributed by atoms with Crippen LogP contribution in [0.5, 0.6) is 0 Å². The predicted octanol–water partition coefficient (Wildman–Crippen LogP) is 2.73. The second-order valence-corrected chi connectivity index (χ2v) is 6.69. The Kier molecular flexibility index (Phi) is 7.25. The number of benzene rings is 1. The second-order valence-electron chi connectivity index (χ2n) is 6.69. The van der Waals surface area contributed by atoms with Gasteiger partial charge >= 0.3 is 6.03 Å². The summed E-state index contributed by atoms with van der Waals surface area (Å²) in [5.41, 5.74) is 1.32. The van der Waals surface area contributed by atoms with E-state index in [9.17, 15) is 9.59 Å². The standard InChI is InChI=1S/C19H30N4O2/c1-4-23(15-7-14-22-12-5-6-13-22)19(25)20-17-10-8-16(9-11-17)18(24)21(2)3/h8-11H,4-7,12-15H2,1-3H3,(H,20,25). The molecular weight excluding hydrogens is 316 g/mol. The number of anilines is 1. The Balaban J connectivity index is 1.82. The van der Waals surface area contributed by atoms with Crippen LogP contribution >= 0.6 is 0 Å². The molecule has 0 bridgehead atoms. The largest absolute Gasteiger partial charge is 0.345 e. The van der Waals surface area contributed by atoms with Gasteiger partial charge in [0.15, 0.2) is 0 Å². The number of urea groups is 1. The molecule has 2 rings (SSSR count). The molecule has 0 saturated carbocycles. The van der Waals surface area contributed by atoms with Gasteiger partial charge in [0.1, 0.15) is 0 Å². The first-order valence-electron chi connectivity index (χ1n) is 9.11. The molecule has 1 aliphatic heterocycles. The fourth-order valence-electron chi connectivity index (χ4n) is 3.05. The molecule has 0 radical (unpaired) electrons. The van der Waals surface area contributed by atoms with Crippen molar-refractivity contribution in [3.05, 3.63) is 29.8 Å². The van der Waals surface area contributed by atoms with Gasteiger partial charge in [-0.05, 0) is 70.1 Å². The maximum Gasteiger partial charge on any atom is 0.321 e. The molecule has 0 unspecified atom stereocenters. The van der Waals surface area contributed by atoms with Crippen molar-refractivity contribution in [1.29, 1.82) is 0 Å². The van der Waals surface area contributed by atoms with Crippen molar-refractivity contribution < 1.29 is 9.59 Å². The first-order valence-corrected chi connectivity index (χ1v) is 9.11. The normalized spacial score (nSPS) is 14.4. The van der Waals surface area contributed by atoms with Crippen LogP contribution in [0.2, 0.25) is 0 Å². The summed E-state index contributed by atoms with van der Waals surface area (Å²) in [5, 5.41) is 2.92. The van der Waals surface area contributed by atoms with Gasteiger partial charge in [0.25, 0.3) is 5.91 Å². The summed E-state index contributed by atoms with van der Waals surface area (Å²) >= 11 is 0. The molecule has 25 heavy (non-hydrogen) atoms. The van der Waals surface area contributed by atoms with E-state index in [0.29, 0.717) is 17.8 Å². The molecule has 1 aromatic rings. The maximum absolute atomic E-state index is 12.4. The van der Waals surface area contributed by atoms with E-state index in [-0.39, 0.29) is 11.9 Å². The Hall–Kier alpha value is -2.08. The third kappa shape index (κ3) is 5.74. The van der Waals surface area contributed by atoms with E-state index in [2.05, 4.69) is 10.2 Å². The van der Waals surface area contributed by atoms with Crippen LogP contribution in [0.15, 0.2) is 24.3 Å². The summed E-state index contributed by atoms with van der Waals surface area (Å²) in [5.74, 6) is -0.0463. The van der Waals surface area contributed by atoms with Crippen LogP contribution in [0, 0.1) is 0 Å². The lowest BCUT2D eigenvalue weighted by Crippen LogP contribution is -2.37. The van der Waals surface area contributed by atoms with Gasteiger partial charge in [-0.3, -0.25) is 4.79 Å². The van der Waals surface area contributed by atoms with Crippen molar-refractivity contribution in [2.24, 2.45) is 0 Å². The van der Waals surface area contributed by atoms with Gasteiger partial charge in [-0.2, -0.15) is 0 Å². The molecule has 0 aromatic heterocycles. The fourth-order valence-corrected chi connectivity index (χ4v) is 3.05. The highest BCUT2D eigenvalue weighted by Gasteiger charge is 2.15. The van der Waals surface area contributed by atoms with Crippen molar-refractivity contribution in [3.63, 3.8) is 0 Å². The predicted molar refractivity (Wildman–Crippen MR) is 101 cm³/mol. The van der Waals surface area contributed by atoms with E-state index in [1.165, 1.54) is 30.8 Å². The maximum atomic E-state index is 12.4. The Bertz CT molecular complexity index is 565. The summed E-state index contributed by atoms with van der Waals surface area (Å²) in [6, 6.07) is 6.93. The van der Waals surface area contributed by atoms with Crippen molar-refractivity contribution in [2.45, 2.75) is 26.2 Å². The van der Waals surface area contributed by atoms with Gasteiger partial charge in [0, 0.05) is 38.4 Å². The van der Waals surface area contributed by atoms with Crippen LogP contribution in [0.4, 0.5) is 10.5 Å². The highest BCUT2D eigenvalue weighted by molar-refractivity contribution is 5.95. The molecule has 138 valence electrons. The molecule has 1 aliphatic rings. The van der Waals surface area contributed by atoms with Crippen LogP contribution in [0.3, 0.4) is 0 Å². The van der Waals surface area contributed by atoms with Gasteiger partial charge in [0.2, 0.25) is 0 Å². The number of amides is 3. The van der Waals surface area contributed by atoms with E-state index in [4.69, 9.17) is 0 Å². The highest BCUT2D eigenvalue weighted by Crippen LogP contribution is 2.12. The Morgan fingerprint density at radius 1 is 1.12 bits per heavy atom. The molecule has 0 atom stereocenters. The summed E-state index contributed by atoms with van der Waals surface area (Å²) in [6.07, 6.45) is 3.59. The van der Waals surface area contributed by atoms with Crippen LogP contribution in [0.25, 0.3) is 0 Å². The molecule has 0 aliphatic carbocycles. The zero-order valence-corrected chi connectivity index (χ0v) is 15.6. The summed E-state index contributed by atoms with van der Waals surface area (Å²) in [7, 11) is 3.44. The molecule has 1 N–H and O–H groups in total. The number of hydrogen-bond acceptors (Lipinski definition) is 3. The molecule has 1 fully saturated rings. The molecular formula is C19H30N4O2. The first-order chi connectivity index (χ1) is 12.0. The molecule has 6 heteroatoms. The number of nitrogens with zero attached hydrogens (tertiary/aromatic N) is 3. The van der Waals surface area contributed by atoms with Crippen LogP contribution in [-0.2, 0) is 0 Å². The van der Waals surface area contributed by atoms with Gasteiger partial charge in [-0.15, -0.1) is 0 Å². The van der Waals surface area contributed by atoms with Gasteiger partial charge in [-0.25, -0.2) is 4.79 Å². The second kappa shape index (κ2) is 9.42. The number of carbonyl (C=O) groups excluding carboxylic acids is 2. The zero-order valence-electron chi connectivity index (χ0n) is 15.6. The van der Waals surface area contributed by atoms with Crippen molar-refractivity contribution in [1.82, 2.24) is 14.7 Å². The Labute approximate surface area is 150 Å². The zero-order chi connectivity index (χ0) is 18.2. The molecule has 0 spiro atoms. The van der Waals surface area contributed by atoms with Crippen LogP contribution in [-0.4, -0.2) is 73.5 Å². The molecule has 1 saturated heterocycles. The first kappa shape index (κ1) is 19.2. The minimum atomic E-state index is -0.0874. The molecule has 3 amide bonds. The third-order valence-corrected chi connectivity index (χ3v) is 4.56. The van der Waals surface area contributed by atoms with E-state index in [0.717, 1.165) is 19.5 Å².